The van der Waals surface area contributed by atoms with Crippen LogP contribution in [0, 0.1) is 29.4 Å². The summed E-state index contributed by atoms with van der Waals surface area (Å²) in [5.41, 5.74) is 0.539. The SMILES string of the molecule is C/C=C\CC1CCC(C2CCC(c3ccc(OC)c(F)c3F)CC2)CC1. The fraction of sp³-hybridized carbons (Fsp3) is 0.652. The standard InChI is InChI=1S/C23H32F2O/c1-3-4-5-16-6-8-17(9-7-16)18-10-12-19(13-11-18)20-14-15-21(26-2)23(25)22(20)24/h3-4,14-19H,5-13H2,1-2H3/b4-3-. The Morgan fingerprint density at radius 2 is 1.54 bits per heavy atom. The maximum Gasteiger partial charge on any atom is 0.200 e. The van der Waals surface area contributed by atoms with Crippen molar-refractivity contribution in [3.63, 3.8) is 0 Å². The minimum absolute atomic E-state index is 0.00499. The van der Waals surface area contributed by atoms with Crippen LogP contribution in [0.4, 0.5) is 8.78 Å². The lowest BCUT2D eigenvalue weighted by Crippen LogP contribution is -2.25. The van der Waals surface area contributed by atoms with Crippen LogP contribution in [0.2, 0.25) is 0 Å². The molecule has 0 saturated heterocycles. The Labute approximate surface area is 156 Å². The lowest BCUT2D eigenvalue weighted by molar-refractivity contribution is 0.160. The summed E-state index contributed by atoms with van der Waals surface area (Å²) in [6, 6.07) is 3.28. The molecule has 2 fully saturated rings. The number of rotatable bonds is 5. The van der Waals surface area contributed by atoms with Crippen molar-refractivity contribution >= 4 is 0 Å². The molecule has 0 amide bonds. The summed E-state index contributed by atoms with van der Waals surface area (Å²) >= 11 is 0. The second kappa shape index (κ2) is 9.01. The van der Waals surface area contributed by atoms with Gasteiger partial charge in [0, 0.05) is 0 Å². The molecule has 0 aromatic heterocycles. The fourth-order valence-electron chi connectivity index (χ4n) is 5.15. The Morgan fingerprint density at radius 1 is 0.923 bits per heavy atom. The summed E-state index contributed by atoms with van der Waals surface area (Å²) in [6.45, 7) is 2.10. The van der Waals surface area contributed by atoms with Gasteiger partial charge in [0.25, 0.3) is 0 Å². The van der Waals surface area contributed by atoms with E-state index in [9.17, 15) is 8.78 Å². The van der Waals surface area contributed by atoms with Crippen LogP contribution < -0.4 is 4.74 Å². The molecule has 3 heteroatoms. The van der Waals surface area contributed by atoms with Gasteiger partial charge in [-0.1, -0.05) is 18.2 Å². The molecule has 0 aliphatic heterocycles. The third-order valence-electron chi connectivity index (χ3n) is 6.77. The van der Waals surface area contributed by atoms with Crippen molar-refractivity contribution in [2.45, 2.75) is 70.6 Å². The molecule has 1 nitrogen and oxygen atoms in total. The molecule has 1 aromatic carbocycles. The highest BCUT2D eigenvalue weighted by atomic mass is 19.2. The van der Waals surface area contributed by atoms with Crippen LogP contribution in [0.5, 0.6) is 5.75 Å². The average molecular weight is 363 g/mol. The van der Waals surface area contributed by atoms with E-state index in [-0.39, 0.29) is 11.7 Å². The van der Waals surface area contributed by atoms with Gasteiger partial charge in [0.15, 0.2) is 11.6 Å². The second-order valence-corrected chi connectivity index (χ2v) is 8.18. The molecule has 0 atom stereocenters. The Hall–Kier alpha value is -1.38. The first-order chi connectivity index (χ1) is 12.6. The predicted molar refractivity (Wildman–Crippen MR) is 102 cm³/mol. The summed E-state index contributed by atoms with van der Waals surface area (Å²) in [5.74, 6) is 1.08. The second-order valence-electron chi connectivity index (χ2n) is 8.18. The third-order valence-corrected chi connectivity index (χ3v) is 6.77. The van der Waals surface area contributed by atoms with Gasteiger partial charge < -0.3 is 4.74 Å². The van der Waals surface area contributed by atoms with E-state index in [0.717, 1.165) is 43.4 Å². The molecular formula is C23H32F2O. The molecule has 1 aromatic rings. The number of allylic oxidation sites excluding steroid dienone is 2. The number of halogens is 2. The monoisotopic (exact) mass is 362 g/mol. The molecule has 2 aliphatic rings. The van der Waals surface area contributed by atoms with Crippen molar-refractivity contribution in [1.29, 1.82) is 0 Å². The summed E-state index contributed by atoms with van der Waals surface area (Å²) in [4.78, 5) is 0. The van der Waals surface area contributed by atoms with Crippen LogP contribution in [-0.4, -0.2) is 7.11 Å². The van der Waals surface area contributed by atoms with E-state index in [1.165, 1.54) is 39.2 Å². The maximum absolute atomic E-state index is 14.4. The average Bonchev–Trinajstić information content (AvgIpc) is 2.69. The van der Waals surface area contributed by atoms with Gasteiger partial charge in [-0.15, -0.1) is 0 Å². The van der Waals surface area contributed by atoms with Gasteiger partial charge in [0.1, 0.15) is 0 Å². The van der Waals surface area contributed by atoms with Crippen molar-refractivity contribution in [1.82, 2.24) is 0 Å². The smallest absolute Gasteiger partial charge is 0.200 e. The van der Waals surface area contributed by atoms with E-state index >= 15 is 0 Å². The van der Waals surface area contributed by atoms with Gasteiger partial charge in [0.2, 0.25) is 5.82 Å². The number of ether oxygens (including phenoxy) is 1. The van der Waals surface area contributed by atoms with E-state index in [2.05, 4.69) is 19.1 Å². The van der Waals surface area contributed by atoms with E-state index in [1.807, 2.05) is 0 Å². The molecule has 2 aliphatic carbocycles. The van der Waals surface area contributed by atoms with Gasteiger partial charge in [-0.2, -0.15) is 4.39 Å². The Balaban J connectivity index is 1.53. The van der Waals surface area contributed by atoms with Crippen molar-refractivity contribution in [2.75, 3.05) is 7.11 Å². The molecule has 0 radical (unpaired) electrons. The highest BCUT2D eigenvalue weighted by Crippen LogP contribution is 2.45. The van der Waals surface area contributed by atoms with E-state index < -0.39 is 11.6 Å². The highest BCUT2D eigenvalue weighted by Gasteiger charge is 2.32. The van der Waals surface area contributed by atoms with Crippen molar-refractivity contribution in [2.24, 2.45) is 17.8 Å². The van der Waals surface area contributed by atoms with Gasteiger partial charge in [-0.3, -0.25) is 0 Å². The zero-order chi connectivity index (χ0) is 18.5. The number of benzene rings is 1. The molecule has 0 bridgehead atoms. The number of hydrogen-bond acceptors (Lipinski definition) is 1. The van der Waals surface area contributed by atoms with Crippen LogP contribution >= 0.6 is 0 Å². The molecule has 2 saturated carbocycles. The highest BCUT2D eigenvalue weighted by molar-refractivity contribution is 5.33. The first kappa shape index (κ1) is 19.4. The topological polar surface area (TPSA) is 9.23 Å². The molecule has 3 rings (SSSR count). The largest absolute Gasteiger partial charge is 0.494 e. The van der Waals surface area contributed by atoms with Crippen molar-refractivity contribution in [3.05, 3.63) is 41.5 Å². The lowest BCUT2D eigenvalue weighted by Gasteiger charge is -2.38. The molecule has 0 spiro atoms. The summed E-state index contributed by atoms with van der Waals surface area (Å²) in [5, 5.41) is 0. The molecule has 0 unspecified atom stereocenters. The predicted octanol–water partition coefficient (Wildman–Crippen LogP) is 7.02. The van der Waals surface area contributed by atoms with Crippen molar-refractivity contribution < 1.29 is 13.5 Å². The van der Waals surface area contributed by atoms with E-state index in [1.54, 1.807) is 12.1 Å². The van der Waals surface area contributed by atoms with Gasteiger partial charge in [0.05, 0.1) is 7.11 Å². The molecule has 0 heterocycles. The van der Waals surface area contributed by atoms with Crippen LogP contribution in [0.25, 0.3) is 0 Å². The summed E-state index contributed by atoms with van der Waals surface area (Å²) in [6.07, 6.45) is 15.4. The van der Waals surface area contributed by atoms with Crippen LogP contribution in [0.15, 0.2) is 24.3 Å². The van der Waals surface area contributed by atoms with Gasteiger partial charge >= 0.3 is 0 Å². The molecular weight excluding hydrogens is 330 g/mol. The van der Waals surface area contributed by atoms with Crippen molar-refractivity contribution in [3.8, 4) is 5.75 Å². The normalized spacial score (nSPS) is 29.8. The van der Waals surface area contributed by atoms with E-state index in [0.29, 0.717) is 5.56 Å². The van der Waals surface area contributed by atoms with Crippen LogP contribution in [-0.2, 0) is 0 Å². The van der Waals surface area contributed by atoms with Gasteiger partial charge in [-0.25, -0.2) is 4.39 Å². The quantitative estimate of drug-likeness (QED) is 0.511. The minimum atomic E-state index is -0.841. The Kier molecular flexibility index (Phi) is 6.72. The first-order valence-corrected chi connectivity index (χ1v) is 10.3. The van der Waals surface area contributed by atoms with Crippen LogP contribution in [0.1, 0.15) is 76.2 Å². The summed E-state index contributed by atoms with van der Waals surface area (Å²) < 4.78 is 33.3. The fourth-order valence-corrected chi connectivity index (χ4v) is 5.15. The Morgan fingerprint density at radius 3 is 2.12 bits per heavy atom. The zero-order valence-electron chi connectivity index (χ0n) is 16.1. The number of hydrogen-bond donors (Lipinski definition) is 0. The number of methoxy groups -OCH3 is 1. The first-order valence-electron chi connectivity index (χ1n) is 10.3. The summed E-state index contributed by atoms with van der Waals surface area (Å²) in [7, 11) is 1.37. The third kappa shape index (κ3) is 4.29. The molecule has 144 valence electrons. The van der Waals surface area contributed by atoms with Gasteiger partial charge in [-0.05, 0) is 100 Å². The minimum Gasteiger partial charge on any atom is -0.494 e. The molecule has 0 N–H and O–H groups in total. The molecule has 26 heavy (non-hydrogen) atoms. The van der Waals surface area contributed by atoms with Crippen LogP contribution in [0.3, 0.4) is 0 Å². The maximum atomic E-state index is 14.4. The van der Waals surface area contributed by atoms with E-state index in [4.69, 9.17) is 4.74 Å². The Bertz CT molecular complexity index is 609. The zero-order valence-corrected chi connectivity index (χ0v) is 16.1. The lowest BCUT2D eigenvalue weighted by atomic mass is 9.68.